The third-order valence-electron chi connectivity index (χ3n) is 3.22. The lowest BCUT2D eigenvalue weighted by atomic mass is 10.1. The van der Waals surface area contributed by atoms with E-state index < -0.39 is 6.10 Å². The van der Waals surface area contributed by atoms with Gasteiger partial charge in [-0.2, -0.15) is 5.10 Å². The van der Waals surface area contributed by atoms with E-state index in [9.17, 15) is 5.11 Å². The van der Waals surface area contributed by atoms with Gasteiger partial charge in [0.2, 0.25) is 0 Å². The van der Waals surface area contributed by atoms with Gasteiger partial charge in [0.25, 0.3) is 0 Å². The van der Waals surface area contributed by atoms with E-state index >= 15 is 0 Å². The zero-order valence-corrected chi connectivity index (χ0v) is 11.5. The number of nitrogens with zero attached hydrogens (tertiary/aromatic N) is 3. The monoisotopic (exact) mass is 264 g/mol. The van der Waals surface area contributed by atoms with Crippen molar-refractivity contribution in [3.63, 3.8) is 0 Å². The van der Waals surface area contributed by atoms with Crippen LogP contribution in [0.15, 0.2) is 12.3 Å². The van der Waals surface area contributed by atoms with Crippen molar-refractivity contribution in [1.82, 2.24) is 19.9 Å². The topological polar surface area (TPSA) is 82.7 Å². The number of aryl methyl sites for hydroxylation is 2. The molecule has 0 aliphatic carbocycles. The Labute approximate surface area is 112 Å². The molecule has 0 radical (unpaired) electrons. The lowest BCUT2D eigenvalue weighted by Gasteiger charge is -2.18. The second-order valence-electron chi connectivity index (χ2n) is 4.82. The number of rotatable bonds is 5. The standard InChI is InChI=1S/C13H20N4O2/c1-8-4-13-15-6-12(10(3)17(13)16-8)9(2)14-5-11(19)7-18/h4,6,9,11,14,18-19H,5,7H2,1-3H3. The summed E-state index contributed by atoms with van der Waals surface area (Å²) >= 11 is 0. The molecule has 2 unspecified atom stereocenters. The smallest absolute Gasteiger partial charge is 0.155 e. The Balaban J connectivity index is 2.22. The minimum atomic E-state index is -0.744. The average molecular weight is 264 g/mol. The molecule has 104 valence electrons. The zero-order chi connectivity index (χ0) is 14.0. The van der Waals surface area contributed by atoms with E-state index in [0.717, 1.165) is 22.6 Å². The molecule has 0 fully saturated rings. The maximum absolute atomic E-state index is 9.35. The van der Waals surface area contributed by atoms with Gasteiger partial charge in [0.05, 0.1) is 18.4 Å². The van der Waals surface area contributed by atoms with Gasteiger partial charge in [0.15, 0.2) is 5.65 Å². The molecule has 0 bridgehead atoms. The van der Waals surface area contributed by atoms with Crippen LogP contribution in [-0.2, 0) is 0 Å². The van der Waals surface area contributed by atoms with Crippen molar-refractivity contribution in [2.75, 3.05) is 13.2 Å². The van der Waals surface area contributed by atoms with Gasteiger partial charge in [0.1, 0.15) is 0 Å². The molecule has 2 aromatic rings. The van der Waals surface area contributed by atoms with Gasteiger partial charge in [-0.1, -0.05) is 0 Å². The van der Waals surface area contributed by atoms with E-state index in [0.29, 0.717) is 6.54 Å². The molecule has 0 amide bonds. The molecule has 0 aromatic carbocycles. The average Bonchev–Trinajstić information content (AvgIpc) is 2.77. The van der Waals surface area contributed by atoms with E-state index in [-0.39, 0.29) is 12.6 Å². The largest absolute Gasteiger partial charge is 0.394 e. The predicted molar refractivity (Wildman–Crippen MR) is 72.0 cm³/mol. The Morgan fingerprint density at radius 3 is 2.84 bits per heavy atom. The fourth-order valence-electron chi connectivity index (χ4n) is 2.09. The third kappa shape index (κ3) is 2.91. The molecule has 2 rings (SSSR count). The third-order valence-corrected chi connectivity index (χ3v) is 3.22. The van der Waals surface area contributed by atoms with Crippen molar-refractivity contribution in [3.8, 4) is 0 Å². The highest BCUT2D eigenvalue weighted by atomic mass is 16.3. The predicted octanol–water partition coefficient (Wildman–Crippen LogP) is 0.350. The lowest BCUT2D eigenvalue weighted by molar-refractivity contribution is 0.0923. The first kappa shape index (κ1) is 13.9. The molecule has 2 atom stereocenters. The molecule has 0 saturated heterocycles. The van der Waals surface area contributed by atoms with Crippen LogP contribution in [0, 0.1) is 13.8 Å². The molecule has 6 nitrogen and oxygen atoms in total. The maximum atomic E-state index is 9.35. The summed E-state index contributed by atoms with van der Waals surface area (Å²) in [5.41, 5.74) is 3.82. The normalized spacial score (nSPS) is 14.8. The Kier molecular flexibility index (Phi) is 4.14. The molecule has 0 saturated carbocycles. The Morgan fingerprint density at radius 2 is 2.16 bits per heavy atom. The number of hydrogen-bond donors (Lipinski definition) is 3. The summed E-state index contributed by atoms with van der Waals surface area (Å²) in [4.78, 5) is 4.38. The number of fused-ring (bicyclic) bond motifs is 1. The van der Waals surface area contributed by atoms with Gasteiger partial charge in [-0.05, 0) is 20.8 Å². The lowest BCUT2D eigenvalue weighted by Crippen LogP contribution is -2.31. The highest BCUT2D eigenvalue weighted by Gasteiger charge is 2.13. The highest BCUT2D eigenvalue weighted by Crippen LogP contribution is 2.17. The summed E-state index contributed by atoms with van der Waals surface area (Å²) in [6, 6.07) is 1.97. The van der Waals surface area contributed by atoms with Crippen molar-refractivity contribution in [3.05, 3.63) is 29.2 Å². The molecule has 3 N–H and O–H groups in total. The number of aliphatic hydroxyl groups is 2. The molecule has 0 aliphatic heterocycles. The molecular weight excluding hydrogens is 244 g/mol. The van der Waals surface area contributed by atoms with E-state index in [1.807, 2.05) is 37.5 Å². The van der Waals surface area contributed by atoms with E-state index in [1.165, 1.54) is 0 Å². The molecule has 0 aliphatic rings. The first-order chi connectivity index (χ1) is 9.02. The van der Waals surface area contributed by atoms with E-state index in [2.05, 4.69) is 15.4 Å². The van der Waals surface area contributed by atoms with Gasteiger partial charge < -0.3 is 15.5 Å². The number of hydrogen-bond acceptors (Lipinski definition) is 5. The van der Waals surface area contributed by atoms with Gasteiger partial charge in [-0.25, -0.2) is 9.50 Å². The van der Waals surface area contributed by atoms with Crippen LogP contribution in [0.2, 0.25) is 0 Å². The maximum Gasteiger partial charge on any atom is 0.155 e. The van der Waals surface area contributed by atoms with E-state index in [1.54, 1.807) is 0 Å². The molecule has 2 aromatic heterocycles. The van der Waals surface area contributed by atoms with Crippen LogP contribution in [-0.4, -0.2) is 44.1 Å². The number of aliphatic hydroxyl groups excluding tert-OH is 2. The summed E-state index contributed by atoms with van der Waals surface area (Å²) < 4.78 is 1.82. The van der Waals surface area contributed by atoms with Crippen molar-refractivity contribution < 1.29 is 10.2 Å². The van der Waals surface area contributed by atoms with Crippen LogP contribution in [0.1, 0.15) is 29.9 Å². The summed E-state index contributed by atoms with van der Waals surface area (Å²) in [7, 11) is 0. The second kappa shape index (κ2) is 5.64. The number of aromatic nitrogens is 3. The van der Waals surface area contributed by atoms with Crippen molar-refractivity contribution in [2.45, 2.75) is 32.9 Å². The fraction of sp³-hybridized carbons (Fsp3) is 0.538. The molecule has 0 spiro atoms. The first-order valence-corrected chi connectivity index (χ1v) is 6.37. The van der Waals surface area contributed by atoms with Crippen LogP contribution in [0.25, 0.3) is 5.65 Å². The van der Waals surface area contributed by atoms with E-state index in [4.69, 9.17) is 5.11 Å². The van der Waals surface area contributed by atoms with Crippen LogP contribution in [0.4, 0.5) is 0 Å². The summed E-state index contributed by atoms with van der Waals surface area (Å²) in [5, 5.41) is 25.7. The molecule has 6 heteroatoms. The second-order valence-corrected chi connectivity index (χ2v) is 4.82. The van der Waals surface area contributed by atoms with Gasteiger partial charge >= 0.3 is 0 Å². The van der Waals surface area contributed by atoms with Crippen LogP contribution >= 0.6 is 0 Å². The zero-order valence-electron chi connectivity index (χ0n) is 11.5. The molecule has 19 heavy (non-hydrogen) atoms. The van der Waals surface area contributed by atoms with Crippen LogP contribution in [0.3, 0.4) is 0 Å². The van der Waals surface area contributed by atoms with Gasteiger partial charge in [-0.15, -0.1) is 0 Å². The highest BCUT2D eigenvalue weighted by molar-refractivity contribution is 5.42. The number of nitrogens with one attached hydrogen (secondary N) is 1. The van der Waals surface area contributed by atoms with Gasteiger partial charge in [0, 0.05) is 36.1 Å². The quantitative estimate of drug-likeness (QED) is 0.726. The SMILES string of the molecule is Cc1cc2ncc(C(C)NCC(O)CO)c(C)n2n1. The van der Waals surface area contributed by atoms with Crippen LogP contribution in [0.5, 0.6) is 0 Å². The first-order valence-electron chi connectivity index (χ1n) is 6.37. The summed E-state index contributed by atoms with van der Waals surface area (Å²) in [6.45, 7) is 6.03. The minimum absolute atomic E-state index is 0.0302. The van der Waals surface area contributed by atoms with Crippen molar-refractivity contribution >= 4 is 5.65 Å². The van der Waals surface area contributed by atoms with Crippen molar-refractivity contribution in [1.29, 1.82) is 0 Å². The minimum Gasteiger partial charge on any atom is -0.394 e. The Morgan fingerprint density at radius 1 is 1.42 bits per heavy atom. The molecular formula is C13H20N4O2. The summed E-state index contributed by atoms with van der Waals surface area (Å²) in [5.74, 6) is 0. The fourth-order valence-corrected chi connectivity index (χ4v) is 2.09. The Bertz CT molecular complexity index is 567. The van der Waals surface area contributed by atoms with Gasteiger partial charge in [-0.3, -0.25) is 0 Å². The Hall–Kier alpha value is -1.50. The van der Waals surface area contributed by atoms with Crippen LogP contribution < -0.4 is 5.32 Å². The molecule has 2 heterocycles. The van der Waals surface area contributed by atoms with Crippen molar-refractivity contribution in [2.24, 2.45) is 0 Å². The summed E-state index contributed by atoms with van der Waals surface area (Å²) in [6.07, 6.45) is 1.08.